The third-order valence-electron chi connectivity index (χ3n) is 1.48. The van der Waals surface area contributed by atoms with E-state index in [-0.39, 0.29) is 18.0 Å². The molecule has 1 heterocycles. The summed E-state index contributed by atoms with van der Waals surface area (Å²) >= 11 is 0. The Labute approximate surface area is 70.8 Å². The molecule has 1 fully saturated rings. The van der Waals surface area contributed by atoms with E-state index in [0.29, 0.717) is 6.54 Å². The van der Waals surface area contributed by atoms with E-state index < -0.39 is 0 Å². The lowest BCUT2D eigenvalue weighted by Crippen LogP contribution is -2.17. The average molecular weight is 169 g/mol. The molecule has 0 aromatic carbocycles. The van der Waals surface area contributed by atoms with E-state index in [1.165, 1.54) is 24.1 Å². The van der Waals surface area contributed by atoms with Crippen molar-refractivity contribution in [1.29, 1.82) is 0 Å². The van der Waals surface area contributed by atoms with Gasteiger partial charge in [0.25, 0.3) is 0 Å². The molecule has 1 aliphatic heterocycles. The highest BCUT2D eigenvalue weighted by Gasteiger charge is 2.25. The Morgan fingerprint density at radius 3 is 2.83 bits per heavy atom. The largest absolute Gasteiger partial charge is 0.444 e. The fraction of sp³-hybridized carbons (Fsp3) is 0.500. The molecule has 0 saturated carbocycles. The Bertz CT molecular complexity index is 234. The molecule has 4 heteroatoms. The first-order valence-corrected chi connectivity index (χ1v) is 3.75. The van der Waals surface area contributed by atoms with E-state index in [4.69, 9.17) is 4.74 Å². The van der Waals surface area contributed by atoms with Gasteiger partial charge in [-0.2, -0.15) is 0 Å². The third-order valence-corrected chi connectivity index (χ3v) is 1.48. The van der Waals surface area contributed by atoms with Gasteiger partial charge in [0, 0.05) is 6.20 Å². The van der Waals surface area contributed by atoms with Gasteiger partial charge in [0.2, 0.25) is 0 Å². The summed E-state index contributed by atoms with van der Waals surface area (Å²) in [6.07, 6.45) is 2.32. The number of rotatable bonds is 2. The minimum Gasteiger partial charge on any atom is -0.444 e. The van der Waals surface area contributed by atoms with Crippen LogP contribution >= 0.6 is 0 Å². The topological polar surface area (TPSA) is 46.6 Å². The van der Waals surface area contributed by atoms with E-state index in [1.54, 1.807) is 6.92 Å². The summed E-state index contributed by atoms with van der Waals surface area (Å²) in [4.78, 5) is 22.8. The maximum absolute atomic E-state index is 10.9. The Morgan fingerprint density at radius 2 is 2.42 bits per heavy atom. The third kappa shape index (κ3) is 2.08. The van der Waals surface area contributed by atoms with Crippen molar-refractivity contribution in [2.75, 3.05) is 6.54 Å². The van der Waals surface area contributed by atoms with Gasteiger partial charge in [-0.25, -0.2) is 4.79 Å². The second-order valence-electron chi connectivity index (χ2n) is 2.77. The molecule has 0 aromatic rings. The highest BCUT2D eigenvalue weighted by molar-refractivity contribution is 5.87. The normalized spacial score (nSPS) is 23.3. The van der Waals surface area contributed by atoms with Crippen molar-refractivity contribution in [1.82, 2.24) is 4.90 Å². The van der Waals surface area contributed by atoms with Gasteiger partial charge < -0.3 is 4.74 Å². The van der Waals surface area contributed by atoms with Crippen LogP contribution in [0.15, 0.2) is 12.3 Å². The molecule has 0 spiro atoms. The number of carbonyl (C=O) groups is 2. The van der Waals surface area contributed by atoms with Gasteiger partial charge in [-0.15, -0.1) is 0 Å². The molecule has 0 N–H and O–H groups in total. The fourth-order valence-corrected chi connectivity index (χ4v) is 0.945. The standard InChI is InChI=1S/C8H11NO3/c1-6(10)3-4-9-5-7(2)12-8(9)11/h3-4,7H,5H2,1-2H3/b4-3-. The van der Waals surface area contributed by atoms with Crippen LogP contribution in [0.1, 0.15) is 13.8 Å². The van der Waals surface area contributed by atoms with Gasteiger partial charge in [-0.3, -0.25) is 9.69 Å². The maximum Gasteiger partial charge on any atom is 0.414 e. The Morgan fingerprint density at radius 1 is 1.75 bits per heavy atom. The number of hydrogen-bond donors (Lipinski definition) is 0. The Hall–Kier alpha value is -1.32. The summed E-state index contributed by atoms with van der Waals surface area (Å²) in [6, 6.07) is 0. The predicted molar refractivity (Wildman–Crippen MR) is 42.5 cm³/mol. The lowest BCUT2D eigenvalue weighted by Gasteiger charge is -2.03. The van der Waals surface area contributed by atoms with Gasteiger partial charge in [0.1, 0.15) is 6.10 Å². The Kier molecular flexibility index (Phi) is 2.47. The summed E-state index contributed by atoms with van der Waals surface area (Å²) < 4.78 is 4.83. The van der Waals surface area contributed by atoms with Crippen LogP contribution in [-0.2, 0) is 9.53 Å². The lowest BCUT2D eigenvalue weighted by atomic mass is 10.4. The molecule has 0 aliphatic carbocycles. The number of amides is 1. The summed E-state index contributed by atoms with van der Waals surface area (Å²) in [5.74, 6) is -0.0812. The van der Waals surface area contributed by atoms with E-state index in [9.17, 15) is 9.59 Å². The highest BCUT2D eigenvalue weighted by Crippen LogP contribution is 2.10. The molecular formula is C8H11NO3. The van der Waals surface area contributed by atoms with Crippen LogP contribution in [0.3, 0.4) is 0 Å². The minimum atomic E-state index is -0.389. The quantitative estimate of drug-likeness (QED) is 0.578. The second-order valence-corrected chi connectivity index (χ2v) is 2.77. The molecule has 66 valence electrons. The highest BCUT2D eigenvalue weighted by atomic mass is 16.6. The van der Waals surface area contributed by atoms with Crippen molar-refractivity contribution in [2.45, 2.75) is 20.0 Å². The lowest BCUT2D eigenvalue weighted by molar-refractivity contribution is -0.112. The van der Waals surface area contributed by atoms with Crippen LogP contribution in [0.25, 0.3) is 0 Å². The first kappa shape index (κ1) is 8.77. The SMILES string of the molecule is CC(=O)/C=C\N1CC(C)OC1=O. The van der Waals surface area contributed by atoms with E-state index in [1.807, 2.05) is 0 Å². The summed E-state index contributed by atoms with van der Waals surface area (Å²) in [5, 5.41) is 0. The number of cyclic esters (lactones) is 1. The molecule has 1 aliphatic rings. The molecule has 1 amide bonds. The number of hydrogen-bond acceptors (Lipinski definition) is 3. The zero-order chi connectivity index (χ0) is 9.14. The van der Waals surface area contributed by atoms with Gasteiger partial charge in [0.15, 0.2) is 5.78 Å². The van der Waals surface area contributed by atoms with Gasteiger partial charge >= 0.3 is 6.09 Å². The van der Waals surface area contributed by atoms with E-state index in [0.717, 1.165) is 0 Å². The number of ether oxygens (including phenoxy) is 1. The number of carbonyl (C=O) groups excluding carboxylic acids is 2. The monoisotopic (exact) mass is 169 g/mol. The summed E-state index contributed by atoms with van der Waals surface area (Å²) in [5.41, 5.74) is 0. The molecule has 0 bridgehead atoms. The van der Waals surface area contributed by atoms with Crippen molar-refractivity contribution in [3.05, 3.63) is 12.3 Å². The smallest absolute Gasteiger partial charge is 0.414 e. The summed E-state index contributed by atoms with van der Waals surface area (Å²) in [6.45, 7) is 3.75. The first-order valence-electron chi connectivity index (χ1n) is 3.75. The van der Waals surface area contributed by atoms with Crippen molar-refractivity contribution >= 4 is 11.9 Å². The van der Waals surface area contributed by atoms with Crippen molar-refractivity contribution in [3.63, 3.8) is 0 Å². The zero-order valence-electron chi connectivity index (χ0n) is 7.11. The van der Waals surface area contributed by atoms with Crippen LogP contribution in [0.5, 0.6) is 0 Å². The molecule has 1 rings (SSSR count). The minimum absolute atomic E-state index is 0.0812. The molecule has 4 nitrogen and oxygen atoms in total. The molecule has 1 saturated heterocycles. The molecule has 1 atom stereocenters. The predicted octanol–water partition coefficient (Wildman–Crippen LogP) is 0.930. The maximum atomic E-state index is 10.9. The van der Waals surface area contributed by atoms with Crippen LogP contribution in [-0.4, -0.2) is 29.4 Å². The van der Waals surface area contributed by atoms with Crippen molar-refractivity contribution < 1.29 is 14.3 Å². The van der Waals surface area contributed by atoms with E-state index in [2.05, 4.69) is 0 Å². The molecule has 0 radical (unpaired) electrons. The molecule has 0 aromatic heterocycles. The average Bonchev–Trinajstić information content (AvgIpc) is 2.26. The van der Waals surface area contributed by atoms with Gasteiger partial charge in [-0.1, -0.05) is 0 Å². The van der Waals surface area contributed by atoms with E-state index >= 15 is 0 Å². The van der Waals surface area contributed by atoms with Crippen LogP contribution < -0.4 is 0 Å². The number of ketones is 1. The van der Waals surface area contributed by atoms with Crippen LogP contribution in [0, 0.1) is 0 Å². The second kappa shape index (κ2) is 3.38. The first-order chi connectivity index (χ1) is 5.59. The number of nitrogens with zero attached hydrogens (tertiary/aromatic N) is 1. The fourth-order valence-electron chi connectivity index (χ4n) is 0.945. The Balaban J connectivity index is 2.54. The van der Waals surface area contributed by atoms with Crippen LogP contribution in [0.2, 0.25) is 0 Å². The summed E-state index contributed by atoms with van der Waals surface area (Å²) in [7, 11) is 0. The van der Waals surface area contributed by atoms with Crippen molar-refractivity contribution in [2.24, 2.45) is 0 Å². The zero-order valence-corrected chi connectivity index (χ0v) is 7.11. The van der Waals surface area contributed by atoms with Crippen molar-refractivity contribution in [3.8, 4) is 0 Å². The number of allylic oxidation sites excluding steroid dienone is 1. The van der Waals surface area contributed by atoms with Gasteiger partial charge in [0.05, 0.1) is 6.54 Å². The molecule has 1 unspecified atom stereocenters. The van der Waals surface area contributed by atoms with Gasteiger partial charge in [-0.05, 0) is 19.9 Å². The van der Waals surface area contributed by atoms with Crippen LogP contribution in [0.4, 0.5) is 4.79 Å². The molecular weight excluding hydrogens is 158 g/mol. The molecule has 12 heavy (non-hydrogen) atoms.